The molecule has 0 aromatic carbocycles. The van der Waals surface area contributed by atoms with Crippen molar-refractivity contribution in [1.29, 1.82) is 0 Å². The second-order valence-corrected chi connectivity index (χ2v) is 5.62. The topological polar surface area (TPSA) is 43.2 Å². The molecule has 5 heteroatoms. The summed E-state index contributed by atoms with van der Waals surface area (Å²) in [5, 5.41) is 4.40. The Bertz CT molecular complexity index is 595. The lowest BCUT2D eigenvalue weighted by atomic mass is 10.1. The van der Waals surface area contributed by atoms with Crippen molar-refractivity contribution in [1.82, 2.24) is 19.7 Å². The molecule has 3 heterocycles. The first-order chi connectivity index (χ1) is 10.3. The lowest BCUT2D eigenvalue weighted by Crippen LogP contribution is -2.37. The van der Waals surface area contributed by atoms with Crippen LogP contribution in [0.5, 0.6) is 0 Å². The molecule has 0 bridgehead atoms. The minimum absolute atomic E-state index is 0.402. The summed E-state index contributed by atoms with van der Waals surface area (Å²) in [6, 6.07) is 8.71. The van der Waals surface area contributed by atoms with E-state index in [1.807, 2.05) is 19.2 Å². The van der Waals surface area contributed by atoms with Crippen LogP contribution >= 0.6 is 0 Å². The number of methoxy groups -OCH3 is 1. The first kappa shape index (κ1) is 14.2. The molecule has 0 N–H and O–H groups in total. The monoisotopic (exact) mass is 286 g/mol. The van der Waals surface area contributed by atoms with Crippen LogP contribution in [0.15, 0.2) is 30.5 Å². The Morgan fingerprint density at radius 2 is 2.24 bits per heavy atom. The summed E-state index contributed by atoms with van der Waals surface area (Å²) in [6.07, 6.45) is 2.93. The third-order valence-corrected chi connectivity index (χ3v) is 4.03. The van der Waals surface area contributed by atoms with Gasteiger partial charge in [-0.05, 0) is 31.5 Å². The fraction of sp³-hybridized carbons (Fsp3) is 0.500. The van der Waals surface area contributed by atoms with Gasteiger partial charge in [0.25, 0.3) is 0 Å². The molecule has 112 valence electrons. The van der Waals surface area contributed by atoms with Crippen LogP contribution in [-0.4, -0.2) is 39.4 Å². The predicted molar refractivity (Wildman–Crippen MR) is 80.7 cm³/mol. The second-order valence-electron chi connectivity index (χ2n) is 5.62. The number of hydrogen-bond acceptors (Lipinski definition) is 4. The molecule has 5 nitrogen and oxygen atoms in total. The van der Waals surface area contributed by atoms with Gasteiger partial charge in [0, 0.05) is 44.7 Å². The molecule has 1 atom stereocenters. The largest absolute Gasteiger partial charge is 0.383 e. The van der Waals surface area contributed by atoms with Gasteiger partial charge in [-0.15, -0.1) is 0 Å². The maximum absolute atomic E-state index is 5.41. The van der Waals surface area contributed by atoms with Crippen LogP contribution in [-0.2, 0) is 24.4 Å². The molecular weight excluding hydrogens is 264 g/mol. The van der Waals surface area contributed by atoms with E-state index in [9.17, 15) is 0 Å². The Morgan fingerprint density at radius 1 is 1.33 bits per heavy atom. The predicted octanol–water partition coefficient (Wildman–Crippen LogP) is 2.01. The Balaban J connectivity index is 1.81. The normalized spacial score (nSPS) is 19.2. The zero-order valence-corrected chi connectivity index (χ0v) is 12.7. The number of hydrogen-bond donors (Lipinski definition) is 0. The summed E-state index contributed by atoms with van der Waals surface area (Å²) < 4.78 is 7.52. The van der Waals surface area contributed by atoms with Crippen molar-refractivity contribution in [3.05, 3.63) is 47.5 Å². The Labute approximate surface area is 125 Å². The molecule has 0 fully saturated rings. The summed E-state index contributed by atoms with van der Waals surface area (Å²) >= 11 is 0. The van der Waals surface area contributed by atoms with Gasteiger partial charge in [0.2, 0.25) is 0 Å². The number of aryl methyl sites for hydroxylation is 2. The molecule has 2 aromatic rings. The van der Waals surface area contributed by atoms with Crippen LogP contribution in [0.2, 0.25) is 0 Å². The molecule has 0 amide bonds. The van der Waals surface area contributed by atoms with Gasteiger partial charge < -0.3 is 4.74 Å². The fourth-order valence-corrected chi connectivity index (χ4v) is 2.95. The zero-order chi connectivity index (χ0) is 14.7. The van der Waals surface area contributed by atoms with E-state index in [-0.39, 0.29) is 0 Å². The van der Waals surface area contributed by atoms with Gasteiger partial charge in [-0.25, -0.2) is 0 Å². The highest BCUT2D eigenvalue weighted by atomic mass is 16.5. The minimum Gasteiger partial charge on any atom is -0.383 e. The zero-order valence-electron chi connectivity index (χ0n) is 12.7. The average molecular weight is 286 g/mol. The minimum atomic E-state index is 0.402. The van der Waals surface area contributed by atoms with Crippen molar-refractivity contribution in [2.24, 2.45) is 0 Å². The van der Waals surface area contributed by atoms with Crippen LogP contribution < -0.4 is 0 Å². The third-order valence-electron chi connectivity index (χ3n) is 4.03. The quantitative estimate of drug-likeness (QED) is 0.862. The second kappa shape index (κ2) is 6.37. The summed E-state index contributed by atoms with van der Waals surface area (Å²) in [5.74, 6) is 0. The average Bonchev–Trinajstić information content (AvgIpc) is 2.84. The molecule has 0 saturated heterocycles. The smallest absolute Gasteiger partial charge is 0.0619 e. The van der Waals surface area contributed by atoms with E-state index in [0.717, 1.165) is 44.0 Å². The summed E-state index contributed by atoms with van der Waals surface area (Å²) in [6.45, 7) is 5.48. The lowest BCUT2D eigenvalue weighted by Gasteiger charge is -2.28. The van der Waals surface area contributed by atoms with E-state index in [0.29, 0.717) is 6.04 Å². The summed E-state index contributed by atoms with van der Waals surface area (Å²) in [5.41, 5.74) is 3.45. The Hall–Kier alpha value is -1.72. The molecule has 2 aromatic heterocycles. The first-order valence-corrected chi connectivity index (χ1v) is 7.42. The molecule has 0 spiro atoms. The highest BCUT2D eigenvalue weighted by Crippen LogP contribution is 2.19. The van der Waals surface area contributed by atoms with Crippen LogP contribution in [0.25, 0.3) is 0 Å². The number of pyridine rings is 1. The van der Waals surface area contributed by atoms with Crippen molar-refractivity contribution in [2.75, 3.05) is 13.7 Å². The summed E-state index contributed by atoms with van der Waals surface area (Å²) in [4.78, 5) is 7.08. The maximum Gasteiger partial charge on any atom is 0.0619 e. The fourth-order valence-electron chi connectivity index (χ4n) is 2.95. The first-order valence-electron chi connectivity index (χ1n) is 7.42. The number of nitrogens with zero attached hydrogens (tertiary/aromatic N) is 4. The number of fused-ring (bicyclic) bond motifs is 1. The van der Waals surface area contributed by atoms with Gasteiger partial charge in [-0.2, -0.15) is 5.10 Å². The van der Waals surface area contributed by atoms with Gasteiger partial charge in [0.15, 0.2) is 0 Å². The maximum atomic E-state index is 5.41. The van der Waals surface area contributed by atoms with Gasteiger partial charge in [-0.1, -0.05) is 6.07 Å². The van der Waals surface area contributed by atoms with Crippen LogP contribution in [0.1, 0.15) is 23.5 Å². The van der Waals surface area contributed by atoms with Crippen LogP contribution in [0.4, 0.5) is 0 Å². The highest BCUT2D eigenvalue weighted by molar-refractivity contribution is 5.11. The van der Waals surface area contributed by atoms with E-state index >= 15 is 0 Å². The molecule has 0 unspecified atom stereocenters. The van der Waals surface area contributed by atoms with E-state index in [4.69, 9.17) is 4.74 Å². The van der Waals surface area contributed by atoms with Crippen LogP contribution in [0, 0.1) is 6.92 Å². The van der Waals surface area contributed by atoms with Crippen molar-refractivity contribution in [2.45, 2.75) is 39.0 Å². The summed E-state index contributed by atoms with van der Waals surface area (Å²) in [7, 11) is 1.77. The number of rotatable bonds is 4. The van der Waals surface area contributed by atoms with E-state index in [1.54, 1.807) is 7.11 Å². The molecule has 21 heavy (non-hydrogen) atoms. The van der Waals surface area contributed by atoms with Crippen molar-refractivity contribution in [3.63, 3.8) is 0 Å². The molecule has 3 rings (SSSR count). The Morgan fingerprint density at radius 3 is 3.05 bits per heavy atom. The van der Waals surface area contributed by atoms with E-state index in [2.05, 4.69) is 37.9 Å². The molecule has 0 radical (unpaired) electrons. The van der Waals surface area contributed by atoms with E-state index in [1.165, 1.54) is 5.69 Å². The number of ether oxygens (including phenoxy) is 1. The molecular formula is C16H22N4O. The highest BCUT2D eigenvalue weighted by Gasteiger charge is 2.24. The van der Waals surface area contributed by atoms with Gasteiger partial charge in [0.1, 0.15) is 0 Å². The third kappa shape index (κ3) is 3.31. The Kier molecular flexibility index (Phi) is 4.31. The SMILES string of the molecule is COC[C@@H]1CCn2nccc2CN1Cc1cccc(C)n1. The number of aromatic nitrogens is 3. The standard InChI is InChI=1S/C16H22N4O/c1-13-4-3-5-14(18-13)10-19-11-15-6-8-17-20(15)9-7-16(19)12-21-2/h3-6,8,16H,7,9-12H2,1-2H3/t16-/m0/s1. The van der Waals surface area contributed by atoms with E-state index < -0.39 is 0 Å². The van der Waals surface area contributed by atoms with Crippen molar-refractivity contribution >= 4 is 0 Å². The van der Waals surface area contributed by atoms with Gasteiger partial charge in [0.05, 0.1) is 18.0 Å². The van der Waals surface area contributed by atoms with Gasteiger partial charge in [-0.3, -0.25) is 14.6 Å². The molecule has 0 saturated carbocycles. The van der Waals surface area contributed by atoms with Crippen molar-refractivity contribution in [3.8, 4) is 0 Å². The van der Waals surface area contributed by atoms with Gasteiger partial charge >= 0.3 is 0 Å². The van der Waals surface area contributed by atoms with Crippen LogP contribution in [0.3, 0.4) is 0 Å². The molecule has 1 aliphatic rings. The molecule has 0 aliphatic carbocycles. The van der Waals surface area contributed by atoms with Crippen molar-refractivity contribution < 1.29 is 4.74 Å². The lowest BCUT2D eigenvalue weighted by molar-refractivity contribution is 0.0772. The molecule has 1 aliphatic heterocycles.